The lowest BCUT2D eigenvalue weighted by Crippen LogP contribution is -2.48. The van der Waals surface area contributed by atoms with Gasteiger partial charge in [-0.25, -0.2) is 0 Å². The Labute approximate surface area is 184 Å². The van der Waals surface area contributed by atoms with Crippen LogP contribution in [0.15, 0.2) is 42.6 Å². The van der Waals surface area contributed by atoms with Gasteiger partial charge in [0.1, 0.15) is 5.82 Å². The van der Waals surface area contributed by atoms with Crippen LogP contribution in [0.25, 0.3) is 5.65 Å². The van der Waals surface area contributed by atoms with Crippen LogP contribution in [-0.4, -0.2) is 44.5 Å². The van der Waals surface area contributed by atoms with E-state index in [0.29, 0.717) is 24.6 Å². The summed E-state index contributed by atoms with van der Waals surface area (Å²) in [5, 5.41) is 11.2. The van der Waals surface area contributed by atoms with Gasteiger partial charge in [0.15, 0.2) is 5.65 Å². The number of hydrogen-bond acceptors (Lipinski definition) is 4. The monoisotopic (exact) mass is 445 g/mol. The fraction of sp³-hybridized carbons (Fsp3) is 0.435. The molecule has 4 rings (SSSR count). The largest absolute Gasteiger partial charge is 0.417 e. The quantitative estimate of drug-likeness (QED) is 0.646. The number of amides is 1. The van der Waals surface area contributed by atoms with Crippen LogP contribution in [0.4, 0.5) is 13.2 Å². The van der Waals surface area contributed by atoms with E-state index in [2.05, 4.69) is 20.4 Å². The molecule has 3 heterocycles. The number of likely N-dealkylation sites (tertiary alicyclic amines) is 1. The number of benzene rings is 1. The number of nitrogens with zero attached hydrogens (tertiary/aromatic N) is 4. The number of alkyl halides is 3. The molecule has 1 saturated heterocycles. The Morgan fingerprint density at radius 2 is 1.94 bits per heavy atom. The highest BCUT2D eigenvalue weighted by atomic mass is 19.4. The molecule has 2 aromatic heterocycles. The van der Waals surface area contributed by atoms with E-state index in [0.717, 1.165) is 42.8 Å². The average molecular weight is 445 g/mol. The zero-order chi connectivity index (χ0) is 22.9. The molecule has 3 aromatic rings. The molecule has 0 saturated carbocycles. The van der Waals surface area contributed by atoms with Crippen molar-refractivity contribution in [3.05, 3.63) is 65.1 Å². The minimum Gasteiger partial charge on any atom is -0.351 e. The van der Waals surface area contributed by atoms with Crippen molar-refractivity contribution in [2.75, 3.05) is 13.1 Å². The molecular formula is C23H26F3N5O. The molecule has 1 fully saturated rings. The summed E-state index contributed by atoms with van der Waals surface area (Å²) in [7, 11) is 0. The van der Waals surface area contributed by atoms with Gasteiger partial charge < -0.3 is 5.32 Å². The third kappa shape index (κ3) is 4.77. The molecule has 6 nitrogen and oxygen atoms in total. The number of hydrogen-bond donors (Lipinski definition) is 1. The average Bonchev–Trinajstić information content (AvgIpc) is 3.21. The van der Waals surface area contributed by atoms with Gasteiger partial charge in [-0.15, -0.1) is 10.2 Å². The highest BCUT2D eigenvalue weighted by molar-refractivity contribution is 5.81. The molecule has 1 aliphatic rings. The minimum absolute atomic E-state index is 0.0725. The zero-order valence-electron chi connectivity index (χ0n) is 18.1. The van der Waals surface area contributed by atoms with Crippen molar-refractivity contribution < 1.29 is 18.0 Å². The van der Waals surface area contributed by atoms with Crippen LogP contribution in [0.1, 0.15) is 48.2 Å². The van der Waals surface area contributed by atoms with Crippen molar-refractivity contribution in [2.24, 2.45) is 0 Å². The molecule has 0 radical (unpaired) electrons. The van der Waals surface area contributed by atoms with Crippen molar-refractivity contribution in [1.29, 1.82) is 0 Å². The SMILES string of the molecule is Cc1ccc(CNC(=O)C(C)N2CCCC(c3nnc4ccc(C(F)(F)F)cn34)C2)cc1. The Morgan fingerprint density at radius 3 is 2.66 bits per heavy atom. The fourth-order valence-electron chi connectivity index (χ4n) is 4.13. The van der Waals surface area contributed by atoms with E-state index in [4.69, 9.17) is 0 Å². The molecule has 1 amide bonds. The molecule has 0 spiro atoms. The molecule has 0 aliphatic carbocycles. The summed E-state index contributed by atoms with van der Waals surface area (Å²) in [6, 6.07) is 9.99. The number of carbonyl (C=O) groups is 1. The lowest BCUT2D eigenvalue weighted by molar-refractivity contribution is -0.137. The predicted molar refractivity (Wildman–Crippen MR) is 114 cm³/mol. The first-order valence-electron chi connectivity index (χ1n) is 10.7. The van der Waals surface area contributed by atoms with Crippen LogP contribution in [0.3, 0.4) is 0 Å². The maximum absolute atomic E-state index is 13.2. The second-order valence-electron chi connectivity index (χ2n) is 8.42. The minimum atomic E-state index is -4.43. The number of piperidine rings is 1. The van der Waals surface area contributed by atoms with Crippen molar-refractivity contribution in [1.82, 2.24) is 24.8 Å². The van der Waals surface area contributed by atoms with Crippen LogP contribution >= 0.6 is 0 Å². The van der Waals surface area contributed by atoms with Gasteiger partial charge in [-0.3, -0.25) is 14.1 Å². The van der Waals surface area contributed by atoms with Crippen LogP contribution in [0.5, 0.6) is 0 Å². The summed E-state index contributed by atoms with van der Waals surface area (Å²) in [5.41, 5.74) is 1.84. The molecule has 9 heteroatoms. The Morgan fingerprint density at radius 1 is 1.19 bits per heavy atom. The molecular weight excluding hydrogens is 419 g/mol. The summed E-state index contributed by atoms with van der Waals surface area (Å²) in [4.78, 5) is 14.8. The summed E-state index contributed by atoms with van der Waals surface area (Å²) in [5.74, 6) is 0.328. The number of halogens is 3. The van der Waals surface area contributed by atoms with E-state index < -0.39 is 11.7 Å². The van der Waals surface area contributed by atoms with Crippen LogP contribution < -0.4 is 5.32 Å². The zero-order valence-corrected chi connectivity index (χ0v) is 18.1. The van der Waals surface area contributed by atoms with E-state index in [9.17, 15) is 18.0 Å². The second kappa shape index (κ2) is 8.90. The van der Waals surface area contributed by atoms with Crippen molar-refractivity contribution >= 4 is 11.6 Å². The molecule has 32 heavy (non-hydrogen) atoms. The summed E-state index contributed by atoms with van der Waals surface area (Å²) < 4.78 is 40.9. The van der Waals surface area contributed by atoms with Gasteiger partial charge in [0.25, 0.3) is 0 Å². The van der Waals surface area contributed by atoms with Gasteiger partial charge >= 0.3 is 6.18 Å². The van der Waals surface area contributed by atoms with E-state index in [1.54, 1.807) is 0 Å². The topological polar surface area (TPSA) is 62.5 Å². The highest BCUT2D eigenvalue weighted by Gasteiger charge is 2.33. The van der Waals surface area contributed by atoms with E-state index >= 15 is 0 Å². The first-order valence-corrected chi connectivity index (χ1v) is 10.7. The fourth-order valence-corrected chi connectivity index (χ4v) is 4.13. The molecule has 1 N–H and O–H groups in total. The summed E-state index contributed by atoms with van der Waals surface area (Å²) >= 11 is 0. The number of nitrogens with one attached hydrogen (secondary N) is 1. The molecule has 1 aliphatic heterocycles. The first-order chi connectivity index (χ1) is 15.2. The normalized spacial score (nSPS) is 18.6. The van der Waals surface area contributed by atoms with Gasteiger partial charge in [0.2, 0.25) is 5.91 Å². The van der Waals surface area contributed by atoms with Gasteiger partial charge in [-0.1, -0.05) is 29.8 Å². The standard InChI is InChI=1S/C23H26F3N5O/c1-15-5-7-17(8-6-15)12-27-22(32)16(2)30-11-3-4-18(13-30)21-29-28-20-10-9-19(14-31(20)21)23(24,25)26/h5-10,14,16,18H,3-4,11-13H2,1-2H3,(H,27,32). The number of fused-ring (bicyclic) bond motifs is 1. The number of carbonyl (C=O) groups excluding carboxylic acids is 1. The Hall–Kier alpha value is -2.94. The molecule has 2 unspecified atom stereocenters. The molecule has 170 valence electrons. The Balaban J connectivity index is 1.44. The van der Waals surface area contributed by atoms with Gasteiger partial charge in [0.05, 0.1) is 11.6 Å². The maximum atomic E-state index is 13.2. The Kier molecular flexibility index (Phi) is 6.19. The molecule has 0 bridgehead atoms. The van der Waals surface area contributed by atoms with Crippen molar-refractivity contribution in [3.8, 4) is 0 Å². The number of aryl methyl sites for hydroxylation is 1. The third-order valence-electron chi connectivity index (χ3n) is 6.09. The van der Waals surface area contributed by atoms with Crippen molar-refractivity contribution in [2.45, 2.75) is 51.4 Å². The van der Waals surface area contributed by atoms with E-state index in [1.807, 2.05) is 38.1 Å². The van der Waals surface area contributed by atoms with Crippen LogP contribution in [0, 0.1) is 6.92 Å². The van der Waals surface area contributed by atoms with Crippen LogP contribution in [-0.2, 0) is 17.5 Å². The summed E-state index contributed by atoms with van der Waals surface area (Å²) in [6.07, 6.45) is -1.76. The number of rotatable bonds is 5. The number of aromatic nitrogens is 3. The lowest BCUT2D eigenvalue weighted by Gasteiger charge is -2.35. The van der Waals surface area contributed by atoms with Crippen LogP contribution in [0.2, 0.25) is 0 Å². The number of pyridine rings is 1. The second-order valence-corrected chi connectivity index (χ2v) is 8.42. The molecule has 1 aromatic carbocycles. The lowest BCUT2D eigenvalue weighted by atomic mass is 9.96. The smallest absolute Gasteiger partial charge is 0.351 e. The first kappa shape index (κ1) is 22.3. The van der Waals surface area contributed by atoms with Crippen molar-refractivity contribution in [3.63, 3.8) is 0 Å². The van der Waals surface area contributed by atoms with Gasteiger partial charge in [-0.05, 0) is 50.9 Å². The van der Waals surface area contributed by atoms with E-state index in [1.165, 1.54) is 10.5 Å². The third-order valence-corrected chi connectivity index (χ3v) is 6.09. The predicted octanol–water partition coefficient (Wildman–Crippen LogP) is 3.94. The molecule has 2 atom stereocenters. The van der Waals surface area contributed by atoms with Gasteiger partial charge in [-0.2, -0.15) is 13.2 Å². The summed E-state index contributed by atoms with van der Waals surface area (Å²) in [6.45, 7) is 5.61. The highest BCUT2D eigenvalue weighted by Crippen LogP contribution is 2.31. The maximum Gasteiger partial charge on any atom is 0.417 e. The van der Waals surface area contributed by atoms with E-state index in [-0.39, 0.29) is 17.9 Å². The Bertz CT molecular complexity index is 1090. The van der Waals surface area contributed by atoms with Gasteiger partial charge in [0, 0.05) is 25.2 Å².